The minimum absolute atomic E-state index is 0.361. The van der Waals surface area contributed by atoms with Crippen LogP contribution in [-0.2, 0) is 4.79 Å². The Morgan fingerprint density at radius 3 is 2.38 bits per heavy atom. The van der Waals surface area contributed by atoms with Gasteiger partial charge in [-0.1, -0.05) is 30.3 Å². The number of nitriles is 2. The molecular formula is C27H29N7O2S. The number of rotatable bonds is 4. The van der Waals surface area contributed by atoms with Crippen molar-refractivity contribution in [3.63, 3.8) is 0 Å². The number of benzene rings is 1. The summed E-state index contributed by atoms with van der Waals surface area (Å²) in [5, 5.41) is 37.6. The van der Waals surface area contributed by atoms with E-state index in [1.165, 1.54) is 44.1 Å². The molecule has 1 saturated heterocycles. The first-order valence-corrected chi connectivity index (χ1v) is 12.7. The number of hydrogen-bond donors (Lipinski definition) is 2. The first-order chi connectivity index (χ1) is 18.0. The van der Waals surface area contributed by atoms with E-state index in [1.807, 2.05) is 37.4 Å². The molecule has 10 heteroatoms. The SMILES string of the molecule is CN1CCCCC1.Cc1[nH]ncc1-c1cc(Sc2ccccc2C#N)c2c(C#N)cnn2c1.O=CCO. The normalized spacial score (nSPS) is 12.9. The third-order valence-electron chi connectivity index (χ3n) is 5.72. The number of aromatic nitrogens is 4. The van der Waals surface area contributed by atoms with Gasteiger partial charge in [-0.15, -0.1) is 0 Å². The zero-order valence-electron chi connectivity index (χ0n) is 20.9. The molecule has 1 aliphatic rings. The third kappa shape index (κ3) is 7.28. The number of piperidine rings is 1. The summed E-state index contributed by atoms with van der Waals surface area (Å²) >= 11 is 1.45. The van der Waals surface area contributed by atoms with Gasteiger partial charge in [-0.25, -0.2) is 4.52 Å². The summed E-state index contributed by atoms with van der Waals surface area (Å²) in [6, 6.07) is 13.8. The molecule has 0 spiro atoms. The molecular weight excluding hydrogens is 486 g/mol. The molecule has 1 fully saturated rings. The number of nitrogens with zero attached hydrogens (tertiary/aromatic N) is 6. The van der Waals surface area contributed by atoms with E-state index in [1.54, 1.807) is 23.0 Å². The molecule has 0 radical (unpaired) electrons. The Kier molecular flexibility index (Phi) is 10.4. The number of nitrogens with one attached hydrogen (secondary N) is 1. The van der Waals surface area contributed by atoms with E-state index in [0.29, 0.717) is 17.4 Å². The number of likely N-dealkylation sites (tertiary alicyclic amines) is 1. The lowest BCUT2D eigenvalue weighted by molar-refractivity contribution is -0.110. The molecule has 0 saturated carbocycles. The Balaban J connectivity index is 0.000000289. The molecule has 0 bridgehead atoms. The van der Waals surface area contributed by atoms with Gasteiger partial charge in [0.15, 0.2) is 0 Å². The molecule has 0 aliphatic carbocycles. The Morgan fingerprint density at radius 1 is 1.11 bits per heavy atom. The quantitative estimate of drug-likeness (QED) is 0.386. The van der Waals surface area contributed by atoms with Crippen LogP contribution >= 0.6 is 11.8 Å². The molecule has 1 aromatic carbocycles. The Labute approximate surface area is 220 Å². The third-order valence-corrected chi connectivity index (χ3v) is 6.83. The van der Waals surface area contributed by atoms with Gasteiger partial charge in [0, 0.05) is 32.8 Å². The molecule has 2 N–H and O–H groups in total. The van der Waals surface area contributed by atoms with Gasteiger partial charge < -0.3 is 14.8 Å². The first kappa shape index (κ1) is 27.6. The Hall–Kier alpha value is -3.96. The summed E-state index contributed by atoms with van der Waals surface area (Å²) in [4.78, 5) is 13.0. The molecule has 4 heterocycles. The fourth-order valence-electron chi connectivity index (χ4n) is 3.85. The van der Waals surface area contributed by atoms with Crippen molar-refractivity contribution in [2.45, 2.75) is 36.0 Å². The highest BCUT2D eigenvalue weighted by Gasteiger charge is 2.16. The average molecular weight is 516 g/mol. The van der Waals surface area contributed by atoms with Crippen LogP contribution in [-0.4, -0.2) is 62.8 Å². The smallest absolute Gasteiger partial charge is 0.145 e. The van der Waals surface area contributed by atoms with Gasteiger partial charge in [0.25, 0.3) is 0 Å². The average Bonchev–Trinajstić information content (AvgIpc) is 3.55. The molecule has 1 aliphatic heterocycles. The van der Waals surface area contributed by atoms with Crippen LogP contribution in [0.5, 0.6) is 0 Å². The maximum Gasteiger partial charge on any atom is 0.145 e. The number of pyridine rings is 1. The number of aromatic amines is 1. The van der Waals surface area contributed by atoms with E-state index in [0.717, 1.165) is 32.1 Å². The number of carbonyl (C=O) groups is 1. The lowest BCUT2D eigenvalue weighted by Gasteiger charge is -2.20. The van der Waals surface area contributed by atoms with Crippen molar-refractivity contribution in [1.82, 2.24) is 24.7 Å². The molecule has 190 valence electrons. The van der Waals surface area contributed by atoms with E-state index in [9.17, 15) is 10.5 Å². The highest BCUT2D eigenvalue weighted by Crippen LogP contribution is 2.37. The molecule has 37 heavy (non-hydrogen) atoms. The molecule has 0 amide bonds. The van der Waals surface area contributed by atoms with Crippen molar-refractivity contribution in [2.24, 2.45) is 0 Å². The highest BCUT2D eigenvalue weighted by atomic mass is 32.2. The Morgan fingerprint density at radius 2 is 1.81 bits per heavy atom. The number of aldehydes is 1. The zero-order chi connectivity index (χ0) is 26.6. The number of aliphatic hydroxyl groups is 1. The van der Waals surface area contributed by atoms with Crippen LogP contribution in [0.3, 0.4) is 0 Å². The molecule has 4 aromatic rings. The van der Waals surface area contributed by atoms with Crippen LogP contribution < -0.4 is 0 Å². The predicted molar refractivity (Wildman–Crippen MR) is 142 cm³/mol. The summed E-state index contributed by atoms with van der Waals surface area (Å²) in [6.45, 7) is 4.23. The van der Waals surface area contributed by atoms with Gasteiger partial charge in [0.1, 0.15) is 18.4 Å². The fraction of sp³-hybridized carbons (Fsp3) is 0.296. The maximum atomic E-state index is 9.43. The first-order valence-electron chi connectivity index (χ1n) is 11.8. The van der Waals surface area contributed by atoms with Crippen LogP contribution in [0, 0.1) is 29.6 Å². The number of aryl methyl sites for hydroxylation is 1. The van der Waals surface area contributed by atoms with Crippen molar-refractivity contribution in [3.8, 4) is 23.3 Å². The minimum Gasteiger partial charge on any atom is -0.389 e. The summed E-state index contributed by atoms with van der Waals surface area (Å²) in [6.07, 6.45) is 9.91. The second-order valence-corrected chi connectivity index (χ2v) is 9.47. The number of hydrogen-bond acceptors (Lipinski definition) is 8. The minimum atomic E-state index is -0.361. The van der Waals surface area contributed by atoms with Crippen LogP contribution in [0.2, 0.25) is 0 Å². The number of carbonyl (C=O) groups excluding carboxylic acids is 1. The summed E-state index contributed by atoms with van der Waals surface area (Å²) in [5.74, 6) is 0. The van der Waals surface area contributed by atoms with Crippen molar-refractivity contribution in [2.75, 3.05) is 26.7 Å². The van der Waals surface area contributed by atoms with Gasteiger partial charge in [0.2, 0.25) is 0 Å². The highest BCUT2D eigenvalue weighted by molar-refractivity contribution is 7.99. The van der Waals surface area contributed by atoms with Crippen molar-refractivity contribution in [3.05, 3.63) is 65.7 Å². The van der Waals surface area contributed by atoms with Crippen LogP contribution in [0.25, 0.3) is 16.6 Å². The van der Waals surface area contributed by atoms with E-state index >= 15 is 0 Å². The number of H-pyrrole nitrogens is 1. The fourth-order valence-corrected chi connectivity index (χ4v) is 4.94. The summed E-state index contributed by atoms with van der Waals surface area (Å²) in [7, 11) is 2.19. The molecule has 3 aromatic heterocycles. The number of aliphatic hydroxyl groups excluding tert-OH is 1. The van der Waals surface area contributed by atoms with Crippen molar-refractivity contribution in [1.29, 1.82) is 10.5 Å². The van der Waals surface area contributed by atoms with Crippen molar-refractivity contribution < 1.29 is 9.90 Å². The molecule has 9 nitrogen and oxygen atoms in total. The second-order valence-electron chi connectivity index (χ2n) is 8.39. The molecule has 5 rings (SSSR count). The van der Waals surface area contributed by atoms with Gasteiger partial charge >= 0.3 is 0 Å². The van der Waals surface area contributed by atoms with Crippen LogP contribution in [0.4, 0.5) is 0 Å². The maximum absolute atomic E-state index is 9.43. The van der Waals surface area contributed by atoms with E-state index in [2.05, 4.69) is 39.4 Å². The zero-order valence-corrected chi connectivity index (χ0v) is 21.7. The van der Waals surface area contributed by atoms with Gasteiger partial charge in [-0.2, -0.15) is 20.7 Å². The lowest BCUT2D eigenvalue weighted by atomic mass is 10.1. The van der Waals surface area contributed by atoms with Crippen LogP contribution in [0.15, 0.2) is 58.7 Å². The standard InChI is InChI=1S/C19H12N6S.C6H13N.C2H4O2/c1-12-16(10-22-24-12)14-6-18(19-15(8-21)9-23-25(19)11-14)26-17-5-3-2-4-13(17)7-20;1-7-5-3-2-4-6-7;3-1-2-4/h2-6,9-11H,1H3,(H,22,24);2-6H2,1H3;1,4H,2H2. The monoisotopic (exact) mass is 515 g/mol. The van der Waals surface area contributed by atoms with Gasteiger partial charge in [0.05, 0.1) is 35.6 Å². The molecule has 0 unspecified atom stereocenters. The number of fused-ring (bicyclic) bond motifs is 1. The lowest BCUT2D eigenvalue weighted by Crippen LogP contribution is -2.24. The topological polar surface area (TPSA) is 134 Å². The Bertz CT molecular complexity index is 1410. The largest absolute Gasteiger partial charge is 0.389 e. The molecule has 0 atom stereocenters. The van der Waals surface area contributed by atoms with E-state index in [4.69, 9.17) is 9.90 Å². The van der Waals surface area contributed by atoms with E-state index in [-0.39, 0.29) is 6.61 Å². The van der Waals surface area contributed by atoms with Gasteiger partial charge in [-0.3, -0.25) is 5.10 Å². The van der Waals surface area contributed by atoms with Crippen molar-refractivity contribution >= 4 is 23.6 Å². The van der Waals surface area contributed by atoms with Crippen LogP contribution in [0.1, 0.15) is 36.1 Å². The summed E-state index contributed by atoms with van der Waals surface area (Å²) in [5.41, 5.74) is 4.68. The summed E-state index contributed by atoms with van der Waals surface area (Å²) < 4.78 is 1.71. The second kappa shape index (κ2) is 14.0. The van der Waals surface area contributed by atoms with E-state index < -0.39 is 0 Å². The predicted octanol–water partition coefficient (Wildman–Crippen LogP) is 4.21. The van der Waals surface area contributed by atoms with Gasteiger partial charge in [-0.05, 0) is 58.1 Å².